The lowest BCUT2D eigenvalue weighted by atomic mass is 9.92. The van der Waals surface area contributed by atoms with Gasteiger partial charge in [-0.3, -0.25) is 4.79 Å². The van der Waals surface area contributed by atoms with Crippen molar-refractivity contribution in [2.24, 2.45) is 17.8 Å². The molecule has 0 bridgehead atoms. The van der Waals surface area contributed by atoms with Crippen LogP contribution >= 0.6 is 24.2 Å². The highest BCUT2D eigenvalue weighted by molar-refractivity contribution is 7.99. The number of carbonyl (C=O) groups is 1. The summed E-state index contributed by atoms with van der Waals surface area (Å²) < 4.78 is 0. The summed E-state index contributed by atoms with van der Waals surface area (Å²) in [5, 5.41) is 3.49. The minimum absolute atomic E-state index is 0. The molecule has 0 aromatic heterocycles. The Kier molecular flexibility index (Phi) is 5.85. The van der Waals surface area contributed by atoms with Crippen molar-refractivity contribution in [1.82, 2.24) is 10.2 Å². The Balaban J connectivity index is 0.00000133. The molecule has 0 aliphatic carbocycles. The maximum absolute atomic E-state index is 12.5. The average molecular weight is 305 g/mol. The van der Waals surface area contributed by atoms with Crippen LogP contribution < -0.4 is 5.32 Å². The molecule has 0 radical (unpaired) electrons. The molecule has 0 aromatic carbocycles. The van der Waals surface area contributed by atoms with Gasteiger partial charge in [-0.2, -0.15) is 11.8 Å². The van der Waals surface area contributed by atoms with Crippen LogP contribution in [0, 0.1) is 17.8 Å². The van der Waals surface area contributed by atoms with E-state index in [1.54, 1.807) is 0 Å². The number of carbonyl (C=O) groups excluding carboxylic acids is 1. The molecule has 3 saturated heterocycles. The summed E-state index contributed by atoms with van der Waals surface area (Å²) in [5.41, 5.74) is 0. The molecule has 3 fully saturated rings. The molecule has 5 heteroatoms. The minimum Gasteiger partial charge on any atom is -0.342 e. The molecule has 1 N–H and O–H groups in total. The van der Waals surface area contributed by atoms with E-state index in [0.29, 0.717) is 11.8 Å². The predicted molar refractivity (Wildman–Crippen MR) is 83.0 cm³/mol. The SMILES string of the molecule is Cl.O=C(C1CCSCC1)N1CC[C@@H]2CNC[C@@H]2CC1. The zero-order valence-corrected chi connectivity index (χ0v) is 13.1. The lowest BCUT2D eigenvalue weighted by Gasteiger charge is -2.28. The molecule has 3 nitrogen and oxygen atoms in total. The lowest BCUT2D eigenvalue weighted by Crippen LogP contribution is -2.38. The standard InChI is InChI=1S/C14H24N2OS.ClH/c17-14(11-3-7-18-8-4-11)16-5-1-12-9-15-10-13(12)2-6-16;/h11-13,15H,1-10H2;1H/t12-,13+;. The Bertz CT molecular complexity index is 296. The maximum atomic E-state index is 12.5. The van der Waals surface area contributed by atoms with Gasteiger partial charge >= 0.3 is 0 Å². The molecule has 110 valence electrons. The first-order valence-electron chi connectivity index (χ1n) is 7.42. The van der Waals surface area contributed by atoms with Crippen LogP contribution in [-0.4, -0.2) is 48.5 Å². The van der Waals surface area contributed by atoms with Crippen molar-refractivity contribution < 1.29 is 4.79 Å². The van der Waals surface area contributed by atoms with E-state index in [-0.39, 0.29) is 12.4 Å². The summed E-state index contributed by atoms with van der Waals surface area (Å²) in [6, 6.07) is 0. The van der Waals surface area contributed by atoms with E-state index in [1.165, 1.54) is 37.4 Å². The first-order chi connectivity index (χ1) is 8.84. The highest BCUT2D eigenvalue weighted by Crippen LogP contribution is 2.29. The third-order valence-corrected chi connectivity index (χ3v) is 5.95. The molecule has 0 spiro atoms. The molecule has 2 atom stereocenters. The lowest BCUT2D eigenvalue weighted by molar-refractivity contribution is -0.135. The Morgan fingerprint density at radius 1 is 1.00 bits per heavy atom. The van der Waals surface area contributed by atoms with Gasteiger partial charge in [-0.15, -0.1) is 12.4 Å². The monoisotopic (exact) mass is 304 g/mol. The van der Waals surface area contributed by atoms with Crippen LogP contribution in [0.25, 0.3) is 0 Å². The van der Waals surface area contributed by atoms with Crippen LogP contribution in [0.1, 0.15) is 25.7 Å². The second kappa shape index (κ2) is 7.19. The fourth-order valence-corrected chi connectivity index (χ4v) is 4.75. The topological polar surface area (TPSA) is 32.3 Å². The number of hydrogen-bond donors (Lipinski definition) is 1. The van der Waals surface area contributed by atoms with E-state index in [4.69, 9.17) is 0 Å². The van der Waals surface area contributed by atoms with Crippen molar-refractivity contribution in [2.45, 2.75) is 25.7 Å². The molecule has 0 aromatic rings. The number of nitrogens with zero attached hydrogens (tertiary/aromatic N) is 1. The number of rotatable bonds is 1. The highest BCUT2D eigenvalue weighted by Gasteiger charge is 2.33. The quantitative estimate of drug-likeness (QED) is 0.804. The van der Waals surface area contributed by atoms with Gasteiger partial charge in [-0.25, -0.2) is 0 Å². The van der Waals surface area contributed by atoms with Crippen molar-refractivity contribution in [3.8, 4) is 0 Å². The van der Waals surface area contributed by atoms with Crippen LogP contribution in [0.15, 0.2) is 0 Å². The van der Waals surface area contributed by atoms with Crippen LogP contribution in [-0.2, 0) is 4.79 Å². The van der Waals surface area contributed by atoms with E-state index < -0.39 is 0 Å². The molecule has 1 amide bonds. The fraction of sp³-hybridized carbons (Fsp3) is 0.929. The zero-order valence-electron chi connectivity index (χ0n) is 11.5. The van der Waals surface area contributed by atoms with Gasteiger partial charge in [0.05, 0.1) is 0 Å². The van der Waals surface area contributed by atoms with Crippen molar-refractivity contribution in [3.05, 3.63) is 0 Å². The smallest absolute Gasteiger partial charge is 0.225 e. The third-order valence-electron chi connectivity index (χ3n) is 4.90. The fourth-order valence-electron chi connectivity index (χ4n) is 3.64. The van der Waals surface area contributed by atoms with Gasteiger partial charge in [-0.1, -0.05) is 0 Å². The largest absolute Gasteiger partial charge is 0.342 e. The van der Waals surface area contributed by atoms with Crippen molar-refractivity contribution in [2.75, 3.05) is 37.7 Å². The number of fused-ring (bicyclic) bond motifs is 1. The summed E-state index contributed by atoms with van der Waals surface area (Å²) >= 11 is 2.00. The Morgan fingerprint density at radius 3 is 2.16 bits per heavy atom. The van der Waals surface area contributed by atoms with Gasteiger partial charge in [0.2, 0.25) is 5.91 Å². The normalized spacial score (nSPS) is 32.3. The molecule has 3 aliphatic heterocycles. The number of amides is 1. The minimum atomic E-state index is 0. The highest BCUT2D eigenvalue weighted by atomic mass is 35.5. The maximum Gasteiger partial charge on any atom is 0.225 e. The van der Waals surface area contributed by atoms with Gasteiger partial charge in [0.1, 0.15) is 0 Å². The summed E-state index contributed by atoms with van der Waals surface area (Å²) in [7, 11) is 0. The van der Waals surface area contributed by atoms with E-state index in [1.807, 2.05) is 11.8 Å². The molecular formula is C14H25ClN2OS. The van der Waals surface area contributed by atoms with Gasteiger partial charge in [0.25, 0.3) is 0 Å². The number of likely N-dealkylation sites (tertiary alicyclic amines) is 1. The Hall–Kier alpha value is 0.0700. The predicted octanol–water partition coefficient (Wildman–Crippen LogP) is 2.01. The summed E-state index contributed by atoms with van der Waals surface area (Å²) in [6.07, 6.45) is 4.64. The zero-order chi connectivity index (χ0) is 12.4. The van der Waals surface area contributed by atoms with Crippen LogP contribution in [0.4, 0.5) is 0 Å². The molecule has 0 saturated carbocycles. The van der Waals surface area contributed by atoms with Crippen LogP contribution in [0.2, 0.25) is 0 Å². The summed E-state index contributed by atoms with van der Waals surface area (Å²) in [4.78, 5) is 14.7. The van der Waals surface area contributed by atoms with E-state index in [9.17, 15) is 4.79 Å². The summed E-state index contributed by atoms with van der Waals surface area (Å²) in [6.45, 7) is 4.36. The molecule has 19 heavy (non-hydrogen) atoms. The van der Waals surface area contributed by atoms with Crippen molar-refractivity contribution >= 4 is 30.1 Å². The van der Waals surface area contributed by atoms with Gasteiger partial charge < -0.3 is 10.2 Å². The number of nitrogens with one attached hydrogen (secondary N) is 1. The first kappa shape index (κ1) is 15.5. The van der Waals surface area contributed by atoms with Crippen molar-refractivity contribution in [3.63, 3.8) is 0 Å². The molecular weight excluding hydrogens is 280 g/mol. The van der Waals surface area contributed by atoms with Gasteiger partial charge in [-0.05, 0) is 62.1 Å². The summed E-state index contributed by atoms with van der Waals surface area (Å²) in [5.74, 6) is 4.80. The van der Waals surface area contributed by atoms with Crippen molar-refractivity contribution in [1.29, 1.82) is 0 Å². The number of thioether (sulfide) groups is 1. The Morgan fingerprint density at radius 2 is 1.58 bits per heavy atom. The molecule has 3 heterocycles. The molecule has 3 rings (SSSR count). The molecule has 3 aliphatic rings. The van der Waals surface area contributed by atoms with Crippen LogP contribution in [0.3, 0.4) is 0 Å². The van der Waals surface area contributed by atoms with Gasteiger partial charge in [0.15, 0.2) is 0 Å². The van der Waals surface area contributed by atoms with Crippen LogP contribution in [0.5, 0.6) is 0 Å². The number of halogens is 1. The van der Waals surface area contributed by atoms with E-state index in [2.05, 4.69) is 10.2 Å². The third kappa shape index (κ3) is 3.59. The first-order valence-corrected chi connectivity index (χ1v) is 8.57. The van der Waals surface area contributed by atoms with E-state index >= 15 is 0 Å². The Labute approximate surface area is 126 Å². The van der Waals surface area contributed by atoms with Gasteiger partial charge in [0, 0.05) is 19.0 Å². The van der Waals surface area contributed by atoms with E-state index in [0.717, 1.165) is 37.8 Å². The molecule has 0 unspecified atom stereocenters. The second-order valence-corrected chi connectivity index (χ2v) is 7.19. The average Bonchev–Trinajstić information content (AvgIpc) is 2.78. The second-order valence-electron chi connectivity index (χ2n) is 5.97. The number of hydrogen-bond acceptors (Lipinski definition) is 3.